The molecule has 2 heterocycles. The molecule has 7 nitrogen and oxygen atoms in total. The fraction of sp³-hybridized carbons (Fsp3) is 0.412. The molecule has 9 heteroatoms. The second kappa shape index (κ2) is 11.8. The van der Waals surface area contributed by atoms with Crippen molar-refractivity contribution in [3.05, 3.63) is 46.2 Å². The van der Waals surface area contributed by atoms with Gasteiger partial charge in [0.2, 0.25) is 0 Å². The number of nitrogens with zero attached hydrogens (tertiary/aromatic N) is 3. The van der Waals surface area contributed by atoms with Gasteiger partial charge in [-0.05, 0) is 18.1 Å². The summed E-state index contributed by atoms with van der Waals surface area (Å²) >= 11 is 1.64. The first kappa shape index (κ1) is 22.3. The van der Waals surface area contributed by atoms with Crippen molar-refractivity contribution in [3.8, 4) is 0 Å². The van der Waals surface area contributed by atoms with Crippen molar-refractivity contribution in [1.29, 1.82) is 0 Å². The number of guanidine groups is 1. The number of aromatic nitrogens is 2. The third-order valence-electron chi connectivity index (χ3n) is 3.42. The van der Waals surface area contributed by atoms with Crippen LogP contribution in [-0.2, 0) is 6.54 Å². The Labute approximate surface area is 175 Å². The Kier molecular flexibility index (Phi) is 10.1. The maximum atomic E-state index is 11.9. The average molecular weight is 488 g/mol. The lowest BCUT2D eigenvalue weighted by atomic mass is 10.2. The third-order valence-corrected chi connectivity index (χ3v) is 4.29. The summed E-state index contributed by atoms with van der Waals surface area (Å²) in [7, 11) is 1.71. The predicted octanol–water partition coefficient (Wildman–Crippen LogP) is 2.37. The molecule has 0 spiro atoms. The van der Waals surface area contributed by atoms with Gasteiger partial charge in [0.25, 0.3) is 5.91 Å². The summed E-state index contributed by atoms with van der Waals surface area (Å²) in [6.07, 6.45) is 3.18. The normalized spacial score (nSPS) is 11.0. The molecule has 3 N–H and O–H groups in total. The second-order valence-electron chi connectivity index (χ2n) is 5.67. The van der Waals surface area contributed by atoms with E-state index in [1.54, 1.807) is 42.9 Å². The van der Waals surface area contributed by atoms with Crippen LogP contribution in [0.4, 0.5) is 0 Å². The number of hydrogen-bond acceptors (Lipinski definition) is 5. The highest BCUT2D eigenvalue weighted by atomic mass is 127. The van der Waals surface area contributed by atoms with E-state index in [1.165, 1.54) is 0 Å². The highest BCUT2D eigenvalue weighted by Gasteiger charge is 2.07. The van der Waals surface area contributed by atoms with Gasteiger partial charge in [-0.1, -0.05) is 13.8 Å². The van der Waals surface area contributed by atoms with Crippen molar-refractivity contribution in [2.75, 3.05) is 20.1 Å². The molecule has 0 aromatic carbocycles. The number of hydrogen-bond donors (Lipinski definition) is 3. The van der Waals surface area contributed by atoms with E-state index >= 15 is 0 Å². The zero-order chi connectivity index (χ0) is 18.1. The molecule has 0 radical (unpaired) electrons. The fourth-order valence-electron chi connectivity index (χ4n) is 2.01. The summed E-state index contributed by atoms with van der Waals surface area (Å²) < 4.78 is 0. The van der Waals surface area contributed by atoms with E-state index in [-0.39, 0.29) is 29.9 Å². The first-order valence-electron chi connectivity index (χ1n) is 8.17. The first-order chi connectivity index (χ1) is 12.1. The van der Waals surface area contributed by atoms with E-state index in [0.717, 1.165) is 10.7 Å². The SMILES string of the molecule is CN=C(NCCNC(=O)c1cccnc1)NCc1nc(C(C)C)cs1.I. The van der Waals surface area contributed by atoms with Crippen molar-refractivity contribution >= 4 is 47.2 Å². The van der Waals surface area contributed by atoms with Crippen LogP contribution in [0.1, 0.15) is 40.8 Å². The number of aliphatic imine (C=N–C) groups is 1. The first-order valence-corrected chi connectivity index (χ1v) is 9.05. The van der Waals surface area contributed by atoms with Crippen LogP contribution in [0.2, 0.25) is 0 Å². The molecule has 0 aliphatic rings. The van der Waals surface area contributed by atoms with Crippen molar-refractivity contribution in [2.24, 2.45) is 4.99 Å². The largest absolute Gasteiger partial charge is 0.355 e. The zero-order valence-corrected chi connectivity index (χ0v) is 18.3. The van der Waals surface area contributed by atoms with E-state index in [2.05, 4.69) is 50.1 Å². The van der Waals surface area contributed by atoms with E-state index in [1.807, 2.05) is 0 Å². The van der Waals surface area contributed by atoms with Crippen LogP contribution in [0.5, 0.6) is 0 Å². The van der Waals surface area contributed by atoms with Crippen molar-refractivity contribution in [1.82, 2.24) is 25.9 Å². The molecule has 0 aliphatic heterocycles. The number of halogens is 1. The summed E-state index contributed by atoms with van der Waals surface area (Å²) in [6, 6.07) is 3.47. The Bertz CT molecular complexity index is 704. The van der Waals surface area contributed by atoms with Crippen LogP contribution in [0, 0.1) is 0 Å². The molecular formula is C17H25IN6OS. The molecule has 2 aromatic rings. The number of amides is 1. The molecule has 0 aliphatic carbocycles. The summed E-state index contributed by atoms with van der Waals surface area (Å²) in [5, 5.41) is 12.3. The van der Waals surface area contributed by atoms with Crippen LogP contribution >= 0.6 is 35.3 Å². The molecular weight excluding hydrogens is 463 g/mol. The Balaban J connectivity index is 0.00000338. The lowest BCUT2D eigenvalue weighted by molar-refractivity contribution is 0.0954. The zero-order valence-electron chi connectivity index (χ0n) is 15.2. The van der Waals surface area contributed by atoms with E-state index in [9.17, 15) is 4.79 Å². The molecule has 0 saturated heterocycles. The Hall–Kier alpha value is -1.75. The second-order valence-corrected chi connectivity index (χ2v) is 6.61. The summed E-state index contributed by atoms with van der Waals surface area (Å²) in [6.45, 7) is 5.95. The molecule has 0 unspecified atom stereocenters. The van der Waals surface area contributed by atoms with Gasteiger partial charge >= 0.3 is 0 Å². The van der Waals surface area contributed by atoms with Crippen LogP contribution in [-0.4, -0.2) is 42.0 Å². The Morgan fingerprint density at radius 3 is 2.65 bits per heavy atom. The molecule has 0 saturated carbocycles. The number of carbonyl (C=O) groups is 1. The van der Waals surface area contributed by atoms with Gasteiger partial charge in [-0.2, -0.15) is 0 Å². The van der Waals surface area contributed by atoms with Crippen LogP contribution in [0.15, 0.2) is 34.9 Å². The van der Waals surface area contributed by atoms with Crippen LogP contribution in [0.3, 0.4) is 0 Å². The molecule has 142 valence electrons. The average Bonchev–Trinajstić information content (AvgIpc) is 3.11. The number of nitrogens with one attached hydrogen (secondary N) is 3. The Morgan fingerprint density at radius 1 is 1.27 bits per heavy atom. The van der Waals surface area contributed by atoms with Crippen molar-refractivity contribution < 1.29 is 4.79 Å². The fourth-order valence-corrected chi connectivity index (χ4v) is 2.90. The van der Waals surface area contributed by atoms with Crippen molar-refractivity contribution in [2.45, 2.75) is 26.3 Å². The topological polar surface area (TPSA) is 91.3 Å². The van der Waals surface area contributed by atoms with Gasteiger partial charge in [-0.15, -0.1) is 35.3 Å². The number of pyridine rings is 1. The minimum absolute atomic E-state index is 0. The number of thiazole rings is 1. The van der Waals surface area contributed by atoms with E-state index in [0.29, 0.717) is 37.1 Å². The quantitative estimate of drug-likeness (QED) is 0.241. The number of rotatable bonds is 7. The summed E-state index contributed by atoms with van der Waals surface area (Å²) in [5.41, 5.74) is 1.66. The standard InChI is InChI=1S/C17H24N6OS.HI/c1-12(2)14-11-25-15(23-14)10-22-17(18-3)21-8-7-20-16(24)13-5-4-6-19-9-13;/h4-6,9,11-12H,7-8,10H2,1-3H3,(H,20,24)(H2,18,21,22);1H. The lowest BCUT2D eigenvalue weighted by Crippen LogP contribution is -2.41. The monoisotopic (exact) mass is 488 g/mol. The summed E-state index contributed by atoms with van der Waals surface area (Å²) in [4.78, 5) is 24.6. The Morgan fingerprint density at radius 2 is 2.04 bits per heavy atom. The highest BCUT2D eigenvalue weighted by Crippen LogP contribution is 2.17. The molecule has 2 rings (SSSR count). The third kappa shape index (κ3) is 7.24. The molecule has 26 heavy (non-hydrogen) atoms. The van der Waals surface area contributed by atoms with Gasteiger partial charge < -0.3 is 16.0 Å². The highest BCUT2D eigenvalue weighted by molar-refractivity contribution is 14.0. The lowest BCUT2D eigenvalue weighted by Gasteiger charge is -2.11. The van der Waals surface area contributed by atoms with E-state index < -0.39 is 0 Å². The van der Waals surface area contributed by atoms with Gasteiger partial charge in [0.05, 0.1) is 17.8 Å². The minimum atomic E-state index is -0.137. The number of carbonyl (C=O) groups excluding carboxylic acids is 1. The van der Waals surface area contributed by atoms with Crippen LogP contribution in [0.25, 0.3) is 0 Å². The molecule has 2 aromatic heterocycles. The molecule has 0 fully saturated rings. The maximum Gasteiger partial charge on any atom is 0.252 e. The summed E-state index contributed by atoms with van der Waals surface area (Å²) in [5.74, 6) is 0.977. The van der Waals surface area contributed by atoms with Crippen LogP contribution < -0.4 is 16.0 Å². The minimum Gasteiger partial charge on any atom is -0.355 e. The molecule has 0 bridgehead atoms. The van der Waals surface area contributed by atoms with Gasteiger partial charge in [0.1, 0.15) is 5.01 Å². The van der Waals surface area contributed by atoms with E-state index in [4.69, 9.17) is 0 Å². The van der Waals surface area contributed by atoms with Gasteiger partial charge in [0, 0.05) is 37.9 Å². The molecule has 0 atom stereocenters. The molecule has 1 amide bonds. The van der Waals surface area contributed by atoms with Crippen molar-refractivity contribution in [3.63, 3.8) is 0 Å². The predicted molar refractivity (Wildman–Crippen MR) is 116 cm³/mol. The maximum absolute atomic E-state index is 11.9. The van der Waals surface area contributed by atoms with Gasteiger partial charge in [-0.3, -0.25) is 14.8 Å². The van der Waals surface area contributed by atoms with Gasteiger partial charge in [-0.25, -0.2) is 4.98 Å². The smallest absolute Gasteiger partial charge is 0.252 e. The van der Waals surface area contributed by atoms with Gasteiger partial charge in [0.15, 0.2) is 5.96 Å².